The fourth-order valence-corrected chi connectivity index (χ4v) is 4.24. The first kappa shape index (κ1) is 11.3. The maximum atomic E-state index is 4.81. The second-order valence-electron chi connectivity index (χ2n) is 5.07. The van der Waals surface area contributed by atoms with Crippen LogP contribution in [-0.2, 0) is 0 Å². The molecule has 3 rings (SSSR count). The highest BCUT2D eigenvalue weighted by atomic mass is 32.2. The van der Waals surface area contributed by atoms with Crippen LogP contribution in [0, 0.1) is 5.92 Å². The van der Waals surface area contributed by atoms with Crippen LogP contribution in [-0.4, -0.2) is 16.8 Å². The SMILES string of the molecule is c1ccc(C2=NC[C@@H]3CCCCC[C@H]3S2)cc1. The van der Waals surface area contributed by atoms with Gasteiger partial charge in [0.15, 0.2) is 0 Å². The van der Waals surface area contributed by atoms with Gasteiger partial charge in [-0.15, -0.1) is 11.8 Å². The van der Waals surface area contributed by atoms with Gasteiger partial charge in [-0.2, -0.15) is 0 Å². The summed E-state index contributed by atoms with van der Waals surface area (Å²) in [5.41, 5.74) is 1.31. The van der Waals surface area contributed by atoms with Crippen molar-refractivity contribution in [2.24, 2.45) is 10.9 Å². The van der Waals surface area contributed by atoms with E-state index >= 15 is 0 Å². The predicted octanol–water partition coefficient (Wildman–Crippen LogP) is 4.13. The summed E-state index contributed by atoms with van der Waals surface area (Å²) in [7, 11) is 0. The molecule has 1 heterocycles. The lowest BCUT2D eigenvalue weighted by atomic mass is 10.00. The first-order chi connectivity index (χ1) is 8.43. The van der Waals surface area contributed by atoms with Gasteiger partial charge >= 0.3 is 0 Å². The molecule has 17 heavy (non-hydrogen) atoms. The van der Waals surface area contributed by atoms with E-state index in [-0.39, 0.29) is 0 Å². The number of rotatable bonds is 1. The number of fused-ring (bicyclic) bond motifs is 1. The molecule has 1 aliphatic heterocycles. The van der Waals surface area contributed by atoms with Crippen molar-refractivity contribution in [3.63, 3.8) is 0 Å². The molecule has 1 aromatic rings. The Morgan fingerprint density at radius 2 is 1.82 bits per heavy atom. The molecule has 0 saturated heterocycles. The molecule has 1 aliphatic carbocycles. The summed E-state index contributed by atoms with van der Waals surface area (Å²) in [5.74, 6) is 0.843. The zero-order valence-corrected chi connectivity index (χ0v) is 11.0. The van der Waals surface area contributed by atoms with Crippen LogP contribution in [0.5, 0.6) is 0 Å². The van der Waals surface area contributed by atoms with Gasteiger partial charge in [-0.05, 0) is 18.8 Å². The summed E-state index contributed by atoms with van der Waals surface area (Å²) >= 11 is 2.03. The van der Waals surface area contributed by atoms with E-state index in [1.54, 1.807) is 0 Å². The van der Waals surface area contributed by atoms with Crippen LogP contribution in [0.4, 0.5) is 0 Å². The normalized spacial score (nSPS) is 29.1. The van der Waals surface area contributed by atoms with Crippen molar-refractivity contribution in [2.75, 3.05) is 6.54 Å². The molecule has 0 radical (unpaired) electrons. The Hall–Kier alpha value is -0.760. The highest BCUT2D eigenvalue weighted by Crippen LogP contribution is 2.37. The van der Waals surface area contributed by atoms with Gasteiger partial charge in [-0.1, -0.05) is 49.6 Å². The summed E-state index contributed by atoms with van der Waals surface area (Å²) in [6, 6.07) is 10.7. The third-order valence-corrected chi connectivity index (χ3v) is 5.35. The standard InChI is InChI=1S/C15H19NS/c1-3-7-12(8-4-1)15-16-11-13-9-5-2-6-10-14(13)17-15/h1,3-4,7-8,13-14H,2,5-6,9-11H2/t13-,14+/m0/s1. The molecular formula is C15H19NS. The largest absolute Gasteiger partial charge is 0.277 e. The van der Waals surface area contributed by atoms with Crippen molar-refractivity contribution in [2.45, 2.75) is 37.4 Å². The molecule has 1 saturated carbocycles. The Labute approximate surface area is 108 Å². The van der Waals surface area contributed by atoms with Crippen LogP contribution in [0.3, 0.4) is 0 Å². The minimum Gasteiger partial charge on any atom is -0.277 e. The molecular weight excluding hydrogens is 226 g/mol. The molecule has 0 amide bonds. The van der Waals surface area contributed by atoms with Crippen LogP contribution < -0.4 is 0 Å². The van der Waals surface area contributed by atoms with E-state index in [0.29, 0.717) is 0 Å². The Kier molecular flexibility index (Phi) is 3.51. The zero-order valence-electron chi connectivity index (χ0n) is 10.1. The number of benzene rings is 1. The average Bonchev–Trinajstić information content (AvgIpc) is 2.64. The molecule has 0 bridgehead atoms. The quantitative estimate of drug-likeness (QED) is 0.724. The smallest absolute Gasteiger partial charge is 0.0979 e. The maximum absolute atomic E-state index is 4.81. The van der Waals surface area contributed by atoms with E-state index < -0.39 is 0 Å². The average molecular weight is 245 g/mol. The lowest BCUT2D eigenvalue weighted by Crippen LogP contribution is -2.25. The van der Waals surface area contributed by atoms with Crippen molar-refractivity contribution in [1.29, 1.82) is 0 Å². The third kappa shape index (κ3) is 2.57. The van der Waals surface area contributed by atoms with Gasteiger partial charge in [0.25, 0.3) is 0 Å². The van der Waals surface area contributed by atoms with Crippen molar-refractivity contribution < 1.29 is 0 Å². The topological polar surface area (TPSA) is 12.4 Å². The minimum absolute atomic E-state index is 0.824. The van der Waals surface area contributed by atoms with Crippen LogP contribution in [0.1, 0.15) is 37.7 Å². The highest BCUT2D eigenvalue weighted by Gasteiger charge is 2.29. The van der Waals surface area contributed by atoms with Gasteiger partial charge in [0.1, 0.15) is 0 Å². The molecule has 2 heteroatoms. The Morgan fingerprint density at radius 1 is 1.00 bits per heavy atom. The van der Waals surface area contributed by atoms with Gasteiger partial charge in [0.05, 0.1) is 5.04 Å². The van der Waals surface area contributed by atoms with E-state index in [9.17, 15) is 0 Å². The molecule has 2 atom stereocenters. The van der Waals surface area contributed by atoms with E-state index in [0.717, 1.165) is 17.7 Å². The fourth-order valence-electron chi connectivity index (χ4n) is 2.84. The Balaban J connectivity index is 1.78. The van der Waals surface area contributed by atoms with Crippen LogP contribution in [0.15, 0.2) is 35.3 Å². The molecule has 0 N–H and O–H groups in total. The lowest BCUT2D eigenvalue weighted by molar-refractivity contribution is 0.482. The van der Waals surface area contributed by atoms with Crippen LogP contribution in [0.25, 0.3) is 0 Å². The molecule has 90 valence electrons. The van der Waals surface area contributed by atoms with Crippen molar-refractivity contribution in [3.05, 3.63) is 35.9 Å². The molecule has 1 fully saturated rings. The lowest BCUT2D eigenvalue weighted by Gasteiger charge is -2.28. The molecule has 0 spiro atoms. The summed E-state index contributed by atoms with van der Waals surface area (Å²) < 4.78 is 0. The van der Waals surface area contributed by atoms with E-state index in [2.05, 4.69) is 30.3 Å². The van der Waals surface area contributed by atoms with Gasteiger partial charge < -0.3 is 0 Å². The second kappa shape index (κ2) is 5.26. The monoisotopic (exact) mass is 245 g/mol. The Bertz CT molecular complexity index is 399. The summed E-state index contributed by atoms with van der Waals surface area (Å²) in [4.78, 5) is 4.81. The molecule has 0 aromatic heterocycles. The minimum atomic E-state index is 0.824. The van der Waals surface area contributed by atoms with E-state index in [4.69, 9.17) is 4.99 Å². The number of hydrogen-bond acceptors (Lipinski definition) is 2. The third-order valence-electron chi connectivity index (χ3n) is 3.84. The van der Waals surface area contributed by atoms with E-state index in [1.165, 1.54) is 42.7 Å². The number of hydrogen-bond donors (Lipinski definition) is 0. The summed E-state index contributed by atoms with van der Waals surface area (Å²) in [6.07, 6.45) is 7.03. The summed E-state index contributed by atoms with van der Waals surface area (Å²) in [6.45, 7) is 1.06. The highest BCUT2D eigenvalue weighted by molar-refractivity contribution is 8.15. The predicted molar refractivity (Wildman–Crippen MR) is 75.8 cm³/mol. The number of thioether (sulfide) groups is 1. The fraction of sp³-hybridized carbons (Fsp3) is 0.533. The van der Waals surface area contributed by atoms with Gasteiger partial charge in [-0.25, -0.2) is 0 Å². The maximum Gasteiger partial charge on any atom is 0.0979 e. The van der Waals surface area contributed by atoms with Crippen LogP contribution >= 0.6 is 11.8 Å². The van der Waals surface area contributed by atoms with Crippen molar-refractivity contribution in [1.82, 2.24) is 0 Å². The molecule has 1 aromatic carbocycles. The second-order valence-corrected chi connectivity index (χ2v) is 6.29. The van der Waals surface area contributed by atoms with Crippen molar-refractivity contribution in [3.8, 4) is 0 Å². The Morgan fingerprint density at radius 3 is 2.71 bits per heavy atom. The first-order valence-electron chi connectivity index (χ1n) is 6.70. The van der Waals surface area contributed by atoms with E-state index in [1.807, 2.05) is 11.8 Å². The van der Waals surface area contributed by atoms with Crippen molar-refractivity contribution >= 4 is 16.8 Å². The van der Waals surface area contributed by atoms with Gasteiger partial charge in [-0.3, -0.25) is 4.99 Å². The van der Waals surface area contributed by atoms with Crippen LogP contribution in [0.2, 0.25) is 0 Å². The van der Waals surface area contributed by atoms with Gasteiger partial charge in [0.2, 0.25) is 0 Å². The van der Waals surface area contributed by atoms with Gasteiger partial charge in [0, 0.05) is 17.4 Å². The number of nitrogens with zero attached hydrogens (tertiary/aromatic N) is 1. The first-order valence-corrected chi connectivity index (χ1v) is 7.58. The number of aliphatic imine (C=N–C) groups is 1. The zero-order chi connectivity index (χ0) is 11.5. The molecule has 2 aliphatic rings. The molecule has 1 nitrogen and oxygen atoms in total. The molecule has 0 unspecified atom stereocenters. The summed E-state index contributed by atoms with van der Waals surface area (Å²) in [5, 5.41) is 2.10.